The van der Waals surface area contributed by atoms with E-state index in [0.29, 0.717) is 12.2 Å². The zero-order valence-corrected chi connectivity index (χ0v) is 12.0. The van der Waals surface area contributed by atoms with Gasteiger partial charge in [0.1, 0.15) is 0 Å². The second-order valence-electron chi connectivity index (χ2n) is 4.99. The van der Waals surface area contributed by atoms with Gasteiger partial charge < -0.3 is 10.6 Å². The molecule has 0 bridgehead atoms. The first-order valence-corrected chi connectivity index (χ1v) is 7.51. The molecular formula is C15H16F2N2S. The lowest BCUT2D eigenvalue weighted by Crippen LogP contribution is -2.34. The normalized spacial score (nSPS) is 18.2. The lowest BCUT2D eigenvalue weighted by atomic mass is 10.00. The number of hydrogen-bond donors (Lipinski definition) is 1. The molecule has 20 heavy (non-hydrogen) atoms. The smallest absolute Gasteiger partial charge is 0.182 e. The van der Waals surface area contributed by atoms with E-state index in [4.69, 9.17) is 5.73 Å². The van der Waals surface area contributed by atoms with Gasteiger partial charge in [0.2, 0.25) is 0 Å². The topological polar surface area (TPSA) is 29.3 Å². The van der Waals surface area contributed by atoms with Gasteiger partial charge >= 0.3 is 0 Å². The number of rotatable bonds is 2. The fraction of sp³-hybridized carbons (Fsp3) is 0.333. The lowest BCUT2D eigenvalue weighted by Gasteiger charge is -2.35. The molecule has 0 saturated carbocycles. The van der Waals surface area contributed by atoms with Gasteiger partial charge in [0.15, 0.2) is 11.6 Å². The van der Waals surface area contributed by atoms with Crippen molar-refractivity contribution in [1.29, 1.82) is 0 Å². The predicted octanol–water partition coefficient (Wildman–Crippen LogP) is 3.61. The van der Waals surface area contributed by atoms with Gasteiger partial charge in [0.05, 0.1) is 11.7 Å². The van der Waals surface area contributed by atoms with E-state index in [9.17, 15) is 8.78 Å². The fourth-order valence-corrected chi connectivity index (χ4v) is 3.76. The highest BCUT2D eigenvalue weighted by molar-refractivity contribution is 7.10. The van der Waals surface area contributed by atoms with Crippen LogP contribution in [0.1, 0.15) is 29.0 Å². The third kappa shape index (κ3) is 2.01. The minimum absolute atomic E-state index is 0.00721. The largest absolute Gasteiger partial charge is 0.362 e. The summed E-state index contributed by atoms with van der Waals surface area (Å²) in [6.07, 6.45) is 0.872. The third-order valence-corrected chi connectivity index (χ3v) is 4.94. The predicted molar refractivity (Wildman–Crippen MR) is 78.0 cm³/mol. The Labute approximate surface area is 120 Å². The van der Waals surface area contributed by atoms with Gasteiger partial charge in [-0.25, -0.2) is 8.78 Å². The van der Waals surface area contributed by atoms with E-state index in [1.807, 2.05) is 11.8 Å². The molecule has 1 unspecified atom stereocenters. The average molecular weight is 294 g/mol. The number of hydrogen-bond acceptors (Lipinski definition) is 3. The highest BCUT2D eigenvalue weighted by atomic mass is 32.1. The highest BCUT2D eigenvalue weighted by Crippen LogP contribution is 2.37. The first-order valence-electron chi connectivity index (χ1n) is 6.63. The van der Waals surface area contributed by atoms with Gasteiger partial charge in [-0.3, -0.25) is 0 Å². The molecule has 106 valence electrons. The van der Waals surface area contributed by atoms with Crippen LogP contribution in [0.3, 0.4) is 0 Å². The Morgan fingerprint density at radius 3 is 2.85 bits per heavy atom. The molecule has 2 N–H and O–H groups in total. The molecule has 1 aliphatic heterocycles. The summed E-state index contributed by atoms with van der Waals surface area (Å²) in [4.78, 5) is 3.27. The molecule has 2 aromatic rings. The average Bonchev–Trinajstić information content (AvgIpc) is 2.92. The van der Waals surface area contributed by atoms with Crippen molar-refractivity contribution in [2.24, 2.45) is 5.73 Å². The summed E-state index contributed by atoms with van der Waals surface area (Å²) in [5.41, 5.74) is 7.16. The zero-order chi connectivity index (χ0) is 14.3. The summed E-state index contributed by atoms with van der Waals surface area (Å²) in [5, 5.41) is 2.05. The summed E-state index contributed by atoms with van der Waals surface area (Å²) in [6, 6.07) is 5.33. The Morgan fingerprint density at radius 1 is 1.30 bits per heavy atom. The Balaban J connectivity index is 2.01. The summed E-state index contributed by atoms with van der Waals surface area (Å²) in [5.74, 6) is -1.62. The van der Waals surface area contributed by atoms with Crippen molar-refractivity contribution < 1.29 is 8.78 Å². The molecule has 1 aromatic heterocycles. The Morgan fingerprint density at radius 2 is 2.10 bits per heavy atom. The van der Waals surface area contributed by atoms with Crippen LogP contribution in [-0.4, -0.2) is 6.54 Å². The number of fused-ring (bicyclic) bond motifs is 1. The van der Waals surface area contributed by atoms with Crippen LogP contribution < -0.4 is 10.6 Å². The molecule has 2 nitrogen and oxygen atoms in total. The van der Waals surface area contributed by atoms with Gasteiger partial charge in [0, 0.05) is 23.5 Å². The van der Waals surface area contributed by atoms with Crippen LogP contribution in [-0.2, 0) is 13.0 Å². The van der Waals surface area contributed by atoms with Crippen LogP contribution in [0.25, 0.3) is 0 Å². The van der Waals surface area contributed by atoms with Crippen LogP contribution >= 0.6 is 11.3 Å². The van der Waals surface area contributed by atoms with Gasteiger partial charge in [-0.15, -0.1) is 11.3 Å². The van der Waals surface area contributed by atoms with Crippen molar-refractivity contribution >= 4 is 17.0 Å². The molecule has 1 aromatic carbocycles. The van der Waals surface area contributed by atoms with Crippen LogP contribution in [0, 0.1) is 11.6 Å². The first-order chi connectivity index (χ1) is 9.63. The van der Waals surface area contributed by atoms with Crippen molar-refractivity contribution in [1.82, 2.24) is 0 Å². The van der Waals surface area contributed by atoms with E-state index >= 15 is 0 Å². The maximum absolute atomic E-state index is 14.2. The Hall–Kier alpha value is -1.46. The third-order valence-electron chi connectivity index (χ3n) is 3.95. The van der Waals surface area contributed by atoms with E-state index in [-0.39, 0.29) is 18.2 Å². The van der Waals surface area contributed by atoms with Crippen molar-refractivity contribution in [3.8, 4) is 0 Å². The minimum atomic E-state index is -0.826. The lowest BCUT2D eigenvalue weighted by molar-refractivity contribution is 0.491. The van der Waals surface area contributed by atoms with E-state index in [1.54, 1.807) is 23.5 Å². The van der Waals surface area contributed by atoms with Crippen LogP contribution in [0.4, 0.5) is 14.5 Å². The second-order valence-corrected chi connectivity index (χ2v) is 6.00. The highest BCUT2D eigenvalue weighted by Gasteiger charge is 2.28. The van der Waals surface area contributed by atoms with E-state index in [0.717, 1.165) is 6.42 Å². The SMILES string of the molecule is CC1c2ccsc2CCN1c1ccc(CN)c(F)c1F. The van der Waals surface area contributed by atoms with Crippen LogP contribution in [0.2, 0.25) is 0 Å². The molecule has 0 amide bonds. The number of halogens is 2. The molecule has 0 radical (unpaired) electrons. The fourth-order valence-electron chi connectivity index (χ4n) is 2.80. The van der Waals surface area contributed by atoms with E-state index < -0.39 is 11.6 Å². The Bertz CT molecular complexity index is 639. The number of nitrogens with zero attached hydrogens (tertiary/aromatic N) is 1. The van der Waals surface area contributed by atoms with Crippen molar-refractivity contribution in [2.45, 2.75) is 25.9 Å². The molecule has 1 atom stereocenters. The first kappa shape index (κ1) is 13.5. The summed E-state index contributed by atoms with van der Waals surface area (Å²) in [7, 11) is 0. The van der Waals surface area contributed by atoms with Crippen molar-refractivity contribution in [2.75, 3.05) is 11.4 Å². The molecule has 1 aliphatic rings. The number of anilines is 1. The van der Waals surface area contributed by atoms with Crippen molar-refractivity contribution in [3.63, 3.8) is 0 Å². The zero-order valence-electron chi connectivity index (χ0n) is 11.2. The summed E-state index contributed by atoms with van der Waals surface area (Å²) >= 11 is 1.73. The monoisotopic (exact) mass is 294 g/mol. The quantitative estimate of drug-likeness (QED) is 0.917. The maximum Gasteiger partial charge on any atom is 0.182 e. The summed E-state index contributed by atoms with van der Waals surface area (Å²) in [6.45, 7) is 2.74. The Kier molecular flexibility index (Phi) is 3.48. The number of benzene rings is 1. The van der Waals surface area contributed by atoms with Crippen molar-refractivity contribution in [3.05, 3.63) is 51.2 Å². The van der Waals surface area contributed by atoms with Crippen LogP contribution in [0.5, 0.6) is 0 Å². The van der Waals surface area contributed by atoms with Gasteiger partial charge in [0.25, 0.3) is 0 Å². The standard InChI is InChI=1S/C15H16F2N2S/c1-9-11-5-7-20-13(11)4-6-19(9)12-3-2-10(8-18)14(16)15(12)17/h2-3,5,7,9H,4,6,8,18H2,1H3. The molecule has 3 rings (SSSR count). The van der Waals surface area contributed by atoms with Gasteiger partial charge in [-0.2, -0.15) is 0 Å². The maximum atomic E-state index is 14.2. The molecule has 2 heterocycles. The van der Waals surface area contributed by atoms with E-state index in [2.05, 4.69) is 11.4 Å². The van der Waals surface area contributed by atoms with Gasteiger partial charge in [-0.05, 0) is 36.4 Å². The molecule has 0 aliphatic carbocycles. The second kappa shape index (κ2) is 5.14. The number of thiophene rings is 1. The molecule has 5 heteroatoms. The molecule has 0 spiro atoms. The van der Waals surface area contributed by atoms with Gasteiger partial charge in [-0.1, -0.05) is 6.07 Å². The number of nitrogens with two attached hydrogens (primary N) is 1. The summed E-state index contributed by atoms with van der Waals surface area (Å²) < 4.78 is 28.1. The molecule has 0 fully saturated rings. The molecular weight excluding hydrogens is 278 g/mol. The molecule has 0 saturated heterocycles. The van der Waals surface area contributed by atoms with E-state index in [1.165, 1.54) is 10.4 Å². The minimum Gasteiger partial charge on any atom is -0.362 e. The van der Waals surface area contributed by atoms with Crippen LogP contribution in [0.15, 0.2) is 23.6 Å².